The SMILES string of the molecule is CN(C(=O)C1(c2ccccc2)CC1)C1CN(c2ccc3nnc(C(C)(C)C)n3n2)C1. The lowest BCUT2D eigenvalue weighted by Crippen LogP contribution is -2.61. The van der Waals surface area contributed by atoms with Gasteiger partial charge in [-0.05, 0) is 30.5 Å². The van der Waals surface area contributed by atoms with Gasteiger partial charge in [-0.15, -0.1) is 15.3 Å². The Bertz CT molecular complexity index is 1090. The lowest BCUT2D eigenvalue weighted by Gasteiger charge is -2.45. The van der Waals surface area contributed by atoms with Gasteiger partial charge in [-0.3, -0.25) is 4.79 Å². The van der Waals surface area contributed by atoms with Crippen LogP contribution in [0.2, 0.25) is 0 Å². The minimum Gasteiger partial charge on any atom is -0.351 e. The first-order chi connectivity index (χ1) is 14.3. The third kappa shape index (κ3) is 2.95. The van der Waals surface area contributed by atoms with Crippen LogP contribution in [0.1, 0.15) is 45.0 Å². The summed E-state index contributed by atoms with van der Waals surface area (Å²) < 4.78 is 1.84. The zero-order valence-electron chi connectivity index (χ0n) is 18.0. The van der Waals surface area contributed by atoms with E-state index in [1.54, 1.807) is 0 Å². The van der Waals surface area contributed by atoms with Crippen LogP contribution in [0, 0.1) is 0 Å². The molecular formula is C23H28N6O. The Morgan fingerprint density at radius 3 is 2.40 bits per heavy atom. The number of carbonyl (C=O) groups excluding carboxylic acids is 1. The Balaban J connectivity index is 1.30. The highest BCUT2D eigenvalue weighted by atomic mass is 16.2. The number of rotatable bonds is 4. The minimum atomic E-state index is -0.308. The standard InChI is InChI=1S/C23H28N6O/c1-22(2,3)20-25-24-18-10-11-19(26-29(18)20)28-14-17(15-28)27(4)21(30)23(12-13-23)16-8-6-5-7-9-16/h5-11,17H,12-15H2,1-4H3. The molecule has 7 nitrogen and oxygen atoms in total. The number of aromatic nitrogens is 4. The Kier molecular flexibility index (Phi) is 4.14. The predicted octanol–water partition coefficient (Wildman–Crippen LogP) is 2.80. The van der Waals surface area contributed by atoms with Gasteiger partial charge in [0.05, 0.1) is 11.5 Å². The molecule has 3 aromatic rings. The Morgan fingerprint density at radius 1 is 1.07 bits per heavy atom. The highest BCUT2D eigenvalue weighted by Gasteiger charge is 2.53. The first-order valence-corrected chi connectivity index (χ1v) is 10.6. The summed E-state index contributed by atoms with van der Waals surface area (Å²) in [6.07, 6.45) is 1.89. The molecule has 2 aromatic heterocycles. The van der Waals surface area contributed by atoms with Crippen molar-refractivity contribution in [3.05, 3.63) is 53.9 Å². The lowest BCUT2D eigenvalue weighted by atomic mass is 9.93. The average molecular weight is 405 g/mol. The van der Waals surface area contributed by atoms with Gasteiger partial charge < -0.3 is 9.80 Å². The van der Waals surface area contributed by atoms with E-state index in [0.717, 1.165) is 48.8 Å². The Hall–Kier alpha value is -2.96. The van der Waals surface area contributed by atoms with Crippen molar-refractivity contribution in [2.24, 2.45) is 0 Å². The molecule has 1 saturated carbocycles. The maximum Gasteiger partial charge on any atom is 0.233 e. The molecule has 0 unspecified atom stereocenters. The monoisotopic (exact) mass is 404 g/mol. The van der Waals surface area contributed by atoms with Crippen molar-refractivity contribution in [2.45, 2.75) is 50.5 Å². The summed E-state index contributed by atoms with van der Waals surface area (Å²) in [6.45, 7) is 7.91. The third-order valence-corrected chi connectivity index (χ3v) is 6.46. The molecule has 0 radical (unpaired) electrons. The molecule has 1 aliphatic carbocycles. The van der Waals surface area contributed by atoms with E-state index in [9.17, 15) is 4.79 Å². The largest absolute Gasteiger partial charge is 0.351 e. The van der Waals surface area contributed by atoms with Gasteiger partial charge in [0.1, 0.15) is 5.82 Å². The van der Waals surface area contributed by atoms with Gasteiger partial charge in [0.15, 0.2) is 11.5 Å². The van der Waals surface area contributed by atoms with Crippen LogP contribution in [0.5, 0.6) is 0 Å². The van der Waals surface area contributed by atoms with E-state index in [-0.39, 0.29) is 22.8 Å². The highest BCUT2D eigenvalue weighted by Crippen LogP contribution is 2.49. The van der Waals surface area contributed by atoms with Crippen LogP contribution in [0.15, 0.2) is 42.5 Å². The van der Waals surface area contributed by atoms with Crippen LogP contribution in [-0.4, -0.2) is 56.8 Å². The molecule has 1 amide bonds. The number of likely N-dealkylation sites (N-methyl/N-ethyl adjacent to an activating group) is 1. The van der Waals surface area contributed by atoms with Crippen molar-refractivity contribution in [1.82, 2.24) is 24.7 Å². The van der Waals surface area contributed by atoms with Crippen molar-refractivity contribution in [1.29, 1.82) is 0 Å². The summed E-state index contributed by atoms with van der Waals surface area (Å²) in [5.41, 5.74) is 1.46. The minimum absolute atomic E-state index is 0.134. The summed E-state index contributed by atoms with van der Waals surface area (Å²) >= 11 is 0. The van der Waals surface area contributed by atoms with Crippen molar-refractivity contribution in [3.8, 4) is 0 Å². The van der Waals surface area contributed by atoms with E-state index in [4.69, 9.17) is 5.10 Å². The normalized spacial score (nSPS) is 18.3. The number of anilines is 1. The fourth-order valence-corrected chi connectivity index (χ4v) is 4.31. The molecule has 156 valence electrons. The van der Waals surface area contributed by atoms with Crippen LogP contribution in [-0.2, 0) is 15.6 Å². The Labute approximate surface area is 176 Å². The number of hydrogen-bond donors (Lipinski definition) is 0. The smallest absolute Gasteiger partial charge is 0.233 e. The molecule has 30 heavy (non-hydrogen) atoms. The zero-order valence-corrected chi connectivity index (χ0v) is 18.0. The summed E-state index contributed by atoms with van der Waals surface area (Å²) in [4.78, 5) is 17.4. The molecule has 7 heteroatoms. The van der Waals surface area contributed by atoms with Gasteiger partial charge in [-0.1, -0.05) is 51.1 Å². The van der Waals surface area contributed by atoms with Crippen molar-refractivity contribution >= 4 is 17.4 Å². The first kappa shape index (κ1) is 19.0. The van der Waals surface area contributed by atoms with Crippen LogP contribution in [0.4, 0.5) is 5.82 Å². The van der Waals surface area contributed by atoms with E-state index in [2.05, 4.69) is 48.0 Å². The summed E-state index contributed by atoms with van der Waals surface area (Å²) in [5, 5.41) is 13.3. The first-order valence-electron chi connectivity index (χ1n) is 10.6. The van der Waals surface area contributed by atoms with E-state index in [1.165, 1.54) is 0 Å². The van der Waals surface area contributed by atoms with Crippen molar-refractivity contribution in [3.63, 3.8) is 0 Å². The van der Waals surface area contributed by atoms with Crippen LogP contribution < -0.4 is 4.90 Å². The molecule has 2 aliphatic rings. The lowest BCUT2D eigenvalue weighted by molar-refractivity contribution is -0.135. The molecule has 0 bridgehead atoms. The second-order valence-corrected chi connectivity index (χ2v) is 9.66. The molecule has 0 N–H and O–H groups in total. The fourth-order valence-electron chi connectivity index (χ4n) is 4.31. The second-order valence-electron chi connectivity index (χ2n) is 9.66. The summed E-state index contributed by atoms with van der Waals surface area (Å²) in [7, 11) is 1.95. The molecule has 5 rings (SSSR count). The van der Waals surface area contributed by atoms with Gasteiger partial charge in [-0.25, -0.2) is 0 Å². The van der Waals surface area contributed by atoms with Crippen LogP contribution in [0.25, 0.3) is 5.65 Å². The average Bonchev–Trinajstić information content (AvgIpc) is 3.38. The van der Waals surface area contributed by atoms with Gasteiger partial charge >= 0.3 is 0 Å². The summed E-state index contributed by atoms with van der Waals surface area (Å²) in [5.74, 6) is 1.99. The Morgan fingerprint density at radius 2 is 1.77 bits per heavy atom. The topological polar surface area (TPSA) is 66.6 Å². The third-order valence-electron chi connectivity index (χ3n) is 6.46. The fraction of sp³-hybridized carbons (Fsp3) is 0.478. The van der Waals surface area contributed by atoms with E-state index in [0.29, 0.717) is 0 Å². The quantitative estimate of drug-likeness (QED) is 0.669. The number of carbonyl (C=O) groups is 1. The van der Waals surface area contributed by atoms with E-state index >= 15 is 0 Å². The molecule has 3 heterocycles. The highest BCUT2D eigenvalue weighted by molar-refractivity contribution is 5.91. The van der Waals surface area contributed by atoms with Gasteiger partial charge in [-0.2, -0.15) is 4.52 Å². The maximum atomic E-state index is 13.3. The predicted molar refractivity (Wildman–Crippen MR) is 116 cm³/mol. The van der Waals surface area contributed by atoms with Gasteiger partial charge in [0, 0.05) is 25.6 Å². The number of hydrogen-bond acceptors (Lipinski definition) is 5. The molecule has 1 aromatic carbocycles. The number of nitrogens with zero attached hydrogens (tertiary/aromatic N) is 6. The molecule has 1 aliphatic heterocycles. The van der Waals surface area contributed by atoms with E-state index < -0.39 is 0 Å². The van der Waals surface area contributed by atoms with Crippen LogP contribution in [0.3, 0.4) is 0 Å². The molecule has 2 fully saturated rings. The molecule has 0 atom stereocenters. The molecule has 1 saturated heterocycles. The molecular weight excluding hydrogens is 376 g/mol. The van der Waals surface area contributed by atoms with Crippen molar-refractivity contribution < 1.29 is 4.79 Å². The molecule has 0 spiro atoms. The summed E-state index contributed by atoms with van der Waals surface area (Å²) in [6, 6.07) is 14.4. The number of benzene rings is 1. The van der Waals surface area contributed by atoms with Crippen molar-refractivity contribution in [2.75, 3.05) is 25.0 Å². The number of fused-ring (bicyclic) bond motifs is 1. The van der Waals surface area contributed by atoms with Gasteiger partial charge in [0.2, 0.25) is 5.91 Å². The zero-order chi connectivity index (χ0) is 21.1. The van der Waals surface area contributed by atoms with Gasteiger partial charge in [0.25, 0.3) is 0 Å². The number of amides is 1. The van der Waals surface area contributed by atoms with E-state index in [1.807, 2.05) is 46.8 Å². The van der Waals surface area contributed by atoms with Crippen LogP contribution >= 0.6 is 0 Å². The maximum absolute atomic E-state index is 13.3. The second kappa shape index (κ2) is 6.52.